The quantitative estimate of drug-likeness (QED) is 0.747. The lowest BCUT2D eigenvalue weighted by Crippen LogP contribution is -2.07. The van der Waals surface area contributed by atoms with E-state index in [0.717, 1.165) is 11.1 Å². The van der Waals surface area contributed by atoms with Crippen molar-refractivity contribution in [1.29, 1.82) is 0 Å². The van der Waals surface area contributed by atoms with Crippen molar-refractivity contribution in [2.24, 2.45) is 0 Å². The van der Waals surface area contributed by atoms with Crippen LogP contribution in [-0.2, 0) is 6.42 Å². The predicted molar refractivity (Wildman–Crippen MR) is 70.4 cm³/mol. The number of halogens is 1. The van der Waals surface area contributed by atoms with E-state index in [4.69, 9.17) is 0 Å². The molecule has 0 saturated carbocycles. The van der Waals surface area contributed by atoms with Gasteiger partial charge in [-0.15, -0.1) is 0 Å². The van der Waals surface area contributed by atoms with Crippen LogP contribution in [0.3, 0.4) is 0 Å². The molecule has 2 rings (SSSR count). The first-order valence-electron chi connectivity index (χ1n) is 5.92. The van der Waals surface area contributed by atoms with Gasteiger partial charge in [-0.25, -0.2) is 4.39 Å². The Balaban J connectivity index is 2.28. The van der Waals surface area contributed by atoms with Crippen LogP contribution in [-0.4, -0.2) is 5.78 Å². The molecule has 0 bridgehead atoms. The van der Waals surface area contributed by atoms with E-state index >= 15 is 0 Å². The first-order chi connectivity index (χ1) is 8.59. The normalized spacial score (nSPS) is 10.4. The Bertz CT molecular complexity index is 587. The van der Waals surface area contributed by atoms with E-state index in [2.05, 4.69) is 0 Å². The van der Waals surface area contributed by atoms with Crippen molar-refractivity contribution in [3.05, 3.63) is 70.5 Å². The standard InChI is InChI=1S/C16H15FO/c1-11-6-5-8-14(12(11)2)16(18)10-13-7-3-4-9-15(13)17/h3-9H,10H2,1-2H3. The highest BCUT2D eigenvalue weighted by Gasteiger charge is 2.12. The second kappa shape index (κ2) is 5.13. The minimum Gasteiger partial charge on any atom is -0.294 e. The van der Waals surface area contributed by atoms with Crippen molar-refractivity contribution >= 4 is 5.78 Å². The lowest BCUT2D eigenvalue weighted by molar-refractivity contribution is 0.0991. The van der Waals surface area contributed by atoms with Crippen molar-refractivity contribution in [2.75, 3.05) is 0 Å². The molecule has 92 valence electrons. The van der Waals surface area contributed by atoms with Gasteiger partial charge in [0.05, 0.1) is 0 Å². The van der Waals surface area contributed by atoms with Crippen molar-refractivity contribution in [1.82, 2.24) is 0 Å². The number of hydrogen-bond acceptors (Lipinski definition) is 1. The zero-order valence-corrected chi connectivity index (χ0v) is 10.5. The maximum absolute atomic E-state index is 13.5. The molecule has 0 amide bonds. The molecule has 0 aliphatic heterocycles. The van der Waals surface area contributed by atoms with Crippen molar-refractivity contribution in [3.8, 4) is 0 Å². The third kappa shape index (κ3) is 2.48. The average molecular weight is 242 g/mol. The summed E-state index contributed by atoms with van der Waals surface area (Å²) in [7, 11) is 0. The number of rotatable bonds is 3. The number of carbonyl (C=O) groups is 1. The molecule has 1 nitrogen and oxygen atoms in total. The molecule has 0 aromatic heterocycles. The number of Topliss-reactive ketones (excluding diaryl/α,β-unsaturated/α-hetero) is 1. The van der Waals surface area contributed by atoms with Crippen LogP contribution in [0.25, 0.3) is 0 Å². The van der Waals surface area contributed by atoms with Gasteiger partial charge < -0.3 is 0 Å². The molecule has 0 saturated heterocycles. The van der Waals surface area contributed by atoms with Gasteiger partial charge in [0.15, 0.2) is 5.78 Å². The third-order valence-electron chi connectivity index (χ3n) is 3.21. The molecule has 0 N–H and O–H groups in total. The number of aryl methyl sites for hydroxylation is 1. The first kappa shape index (κ1) is 12.5. The molecule has 0 unspecified atom stereocenters. The van der Waals surface area contributed by atoms with Gasteiger partial charge in [0.25, 0.3) is 0 Å². The second-order valence-electron chi connectivity index (χ2n) is 4.44. The minimum absolute atomic E-state index is 0.0405. The summed E-state index contributed by atoms with van der Waals surface area (Å²) >= 11 is 0. The summed E-state index contributed by atoms with van der Waals surface area (Å²) in [6.45, 7) is 3.89. The topological polar surface area (TPSA) is 17.1 Å². The Morgan fingerprint density at radius 1 is 1.06 bits per heavy atom. The highest BCUT2D eigenvalue weighted by Crippen LogP contribution is 2.16. The van der Waals surface area contributed by atoms with Crippen LogP contribution in [0.4, 0.5) is 4.39 Å². The Hall–Kier alpha value is -1.96. The summed E-state index contributed by atoms with van der Waals surface area (Å²) < 4.78 is 13.5. The number of benzene rings is 2. The molecule has 0 aliphatic rings. The largest absolute Gasteiger partial charge is 0.294 e. The summed E-state index contributed by atoms with van der Waals surface area (Å²) in [6, 6.07) is 12.0. The van der Waals surface area contributed by atoms with Crippen molar-refractivity contribution in [2.45, 2.75) is 20.3 Å². The highest BCUT2D eigenvalue weighted by atomic mass is 19.1. The van der Waals surface area contributed by atoms with Crippen LogP contribution in [0.5, 0.6) is 0 Å². The van der Waals surface area contributed by atoms with Crippen LogP contribution >= 0.6 is 0 Å². The van der Waals surface area contributed by atoms with Crippen LogP contribution in [0.15, 0.2) is 42.5 Å². The lowest BCUT2D eigenvalue weighted by atomic mass is 9.96. The first-order valence-corrected chi connectivity index (χ1v) is 5.92. The van der Waals surface area contributed by atoms with E-state index in [1.54, 1.807) is 24.3 Å². The molecule has 0 fully saturated rings. The summed E-state index contributed by atoms with van der Waals surface area (Å²) in [5.41, 5.74) is 3.18. The smallest absolute Gasteiger partial charge is 0.167 e. The molecule has 0 aliphatic carbocycles. The fourth-order valence-corrected chi connectivity index (χ4v) is 1.96. The fraction of sp³-hybridized carbons (Fsp3) is 0.188. The van der Waals surface area contributed by atoms with E-state index in [1.807, 2.05) is 26.0 Å². The Kier molecular flexibility index (Phi) is 3.56. The summed E-state index contributed by atoms with van der Waals surface area (Å²) in [5.74, 6) is -0.363. The zero-order chi connectivity index (χ0) is 13.1. The molecule has 2 aromatic rings. The Morgan fingerprint density at radius 2 is 1.78 bits per heavy atom. The minimum atomic E-state index is -0.323. The van der Waals surface area contributed by atoms with Crippen LogP contribution in [0.2, 0.25) is 0 Å². The van der Waals surface area contributed by atoms with Crippen molar-refractivity contribution < 1.29 is 9.18 Å². The Labute approximate surface area is 106 Å². The number of carbonyl (C=O) groups excluding carboxylic acids is 1. The van der Waals surface area contributed by atoms with E-state index in [9.17, 15) is 9.18 Å². The second-order valence-corrected chi connectivity index (χ2v) is 4.44. The summed E-state index contributed by atoms with van der Waals surface area (Å²) in [5, 5.41) is 0. The van der Waals surface area contributed by atoms with Gasteiger partial charge in [0.2, 0.25) is 0 Å². The van der Waals surface area contributed by atoms with E-state index in [1.165, 1.54) is 6.07 Å². The zero-order valence-electron chi connectivity index (χ0n) is 10.5. The summed E-state index contributed by atoms with van der Waals surface area (Å²) in [4.78, 5) is 12.2. The Morgan fingerprint density at radius 3 is 2.50 bits per heavy atom. The maximum Gasteiger partial charge on any atom is 0.167 e. The molecular formula is C16H15FO. The fourth-order valence-electron chi connectivity index (χ4n) is 1.96. The predicted octanol–water partition coefficient (Wildman–Crippen LogP) is 3.87. The van der Waals surface area contributed by atoms with E-state index < -0.39 is 0 Å². The maximum atomic E-state index is 13.5. The number of hydrogen-bond donors (Lipinski definition) is 0. The van der Waals surface area contributed by atoms with Crippen LogP contribution in [0.1, 0.15) is 27.0 Å². The molecule has 2 aromatic carbocycles. The highest BCUT2D eigenvalue weighted by molar-refractivity contribution is 5.99. The molecule has 0 atom stereocenters. The van der Waals surface area contributed by atoms with Crippen LogP contribution < -0.4 is 0 Å². The van der Waals surface area contributed by atoms with Gasteiger partial charge in [-0.2, -0.15) is 0 Å². The molecule has 2 heteroatoms. The lowest BCUT2D eigenvalue weighted by Gasteiger charge is -2.08. The molecule has 0 radical (unpaired) electrons. The van der Waals surface area contributed by atoms with Crippen molar-refractivity contribution in [3.63, 3.8) is 0 Å². The van der Waals surface area contributed by atoms with Gasteiger partial charge >= 0.3 is 0 Å². The van der Waals surface area contributed by atoms with E-state index in [-0.39, 0.29) is 18.0 Å². The van der Waals surface area contributed by atoms with Gasteiger partial charge in [-0.3, -0.25) is 4.79 Å². The van der Waals surface area contributed by atoms with Crippen LogP contribution in [0, 0.1) is 19.7 Å². The van der Waals surface area contributed by atoms with Gasteiger partial charge in [0.1, 0.15) is 5.82 Å². The third-order valence-corrected chi connectivity index (χ3v) is 3.21. The van der Waals surface area contributed by atoms with Gasteiger partial charge in [-0.1, -0.05) is 36.4 Å². The molecule has 0 heterocycles. The molecule has 18 heavy (non-hydrogen) atoms. The SMILES string of the molecule is Cc1cccc(C(=O)Cc2ccccc2F)c1C. The van der Waals surface area contributed by atoms with E-state index in [0.29, 0.717) is 11.1 Å². The van der Waals surface area contributed by atoms with Gasteiger partial charge in [-0.05, 0) is 36.6 Å². The monoisotopic (exact) mass is 242 g/mol. The summed E-state index contributed by atoms with van der Waals surface area (Å²) in [6.07, 6.45) is 0.108. The average Bonchev–Trinajstić information content (AvgIpc) is 2.35. The number of ketones is 1. The molecular weight excluding hydrogens is 227 g/mol. The molecule has 0 spiro atoms. The van der Waals surface area contributed by atoms with Gasteiger partial charge in [0, 0.05) is 12.0 Å².